The second-order valence-electron chi connectivity index (χ2n) is 6.49. The predicted molar refractivity (Wildman–Crippen MR) is 101 cm³/mol. The van der Waals surface area contributed by atoms with Crippen molar-refractivity contribution in [1.29, 1.82) is 0 Å². The van der Waals surface area contributed by atoms with Crippen molar-refractivity contribution < 1.29 is 13.9 Å². The van der Waals surface area contributed by atoms with Crippen molar-refractivity contribution in [2.75, 3.05) is 17.7 Å². The number of nitrogens with two attached hydrogens (primary N) is 2. The van der Waals surface area contributed by atoms with Crippen molar-refractivity contribution in [3.8, 4) is 5.88 Å². The van der Waals surface area contributed by atoms with Crippen LogP contribution in [-0.2, 0) is 0 Å². The molecule has 0 saturated heterocycles. The third kappa shape index (κ3) is 4.43. The van der Waals surface area contributed by atoms with Gasteiger partial charge in [0.25, 0.3) is 5.91 Å². The highest BCUT2D eigenvalue weighted by Gasteiger charge is 2.24. The smallest absolute Gasteiger partial charge is 0.252 e. The Kier molecular flexibility index (Phi) is 5.70. The third-order valence-electron chi connectivity index (χ3n) is 4.59. The second kappa shape index (κ2) is 8.17. The van der Waals surface area contributed by atoms with Gasteiger partial charge in [0.15, 0.2) is 11.6 Å². The van der Waals surface area contributed by atoms with Gasteiger partial charge in [0, 0.05) is 30.0 Å². The van der Waals surface area contributed by atoms with Crippen molar-refractivity contribution >= 4 is 23.2 Å². The number of carbonyl (C=O) groups is 1. The number of nitrogens with zero attached hydrogens (tertiary/aromatic N) is 2. The Bertz CT molecular complexity index is 831. The van der Waals surface area contributed by atoms with E-state index in [2.05, 4.69) is 20.6 Å². The van der Waals surface area contributed by atoms with Crippen molar-refractivity contribution in [2.45, 2.75) is 37.8 Å². The van der Waals surface area contributed by atoms with Gasteiger partial charge in [-0.25, -0.2) is 14.4 Å². The Morgan fingerprint density at radius 2 is 2.07 bits per heavy atom. The van der Waals surface area contributed by atoms with Gasteiger partial charge in [0.05, 0.1) is 12.7 Å². The topological polar surface area (TPSA) is 128 Å². The standard InChI is InChI=1S/C18H23FN6O2/c1-27-15-8-10(6-7-22-15)23-17-11(16(21)26)9-12(19)18(25-17)24-14-5-3-2-4-13(14)20/h6-9,13-14H,2-5,20H2,1H3,(H2,21,26)(H2,22,23,24,25). The number of pyridine rings is 2. The molecular formula is C18H23FN6O2. The molecule has 0 spiro atoms. The van der Waals surface area contributed by atoms with Gasteiger partial charge >= 0.3 is 0 Å². The summed E-state index contributed by atoms with van der Waals surface area (Å²) in [5, 5.41) is 6.05. The summed E-state index contributed by atoms with van der Waals surface area (Å²) in [6, 6.07) is 4.22. The van der Waals surface area contributed by atoms with Crippen molar-refractivity contribution in [3.63, 3.8) is 0 Å². The zero-order chi connectivity index (χ0) is 19.4. The van der Waals surface area contributed by atoms with E-state index in [0.29, 0.717) is 11.6 Å². The maximum Gasteiger partial charge on any atom is 0.252 e. The van der Waals surface area contributed by atoms with E-state index in [1.807, 2.05) is 0 Å². The maximum atomic E-state index is 14.5. The van der Waals surface area contributed by atoms with Gasteiger partial charge in [-0.2, -0.15) is 0 Å². The van der Waals surface area contributed by atoms with E-state index >= 15 is 0 Å². The molecule has 2 heterocycles. The number of rotatable bonds is 6. The number of carbonyl (C=O) groups excluding carboxylic acids is 1. The Morgan fingerprint density at radius 1 is 1.30 bits per heavy atom. The number of aromatic nitrogens is 2. The van der Waals surface area contributed by atoms with Crippen LogP contribution in [0, 0.1) is 5.82 Å². The third-order valence-corrected chi connectivity index (χ3v) is 4.59. The zero-order valence-electron chi connectivity index (χ0n) is 15.0. The molecule has 1 fully saturated rings. The van der Waals surface area contributed by atoms with Gasteiger partial charge in [-0.05, 0) is 25.0 Å². The zero-order valence-corrected chi connectivity index (χ0v) is 15.0. The lowest BCUT2D eigenvalue weighted by molar-refractivity contribution is 0.100. The largest absolute Gasteiger partial charge is 0.481 e. The summed E-state index contributed by atoms with van der Waals surface area (Å²) in [6.45, 7) is 0. The molecule has 1 saturated carbocycles. The van der Waals surface area contributed by atoms with Gasteiger partial charge in [0.2, 0.25) is 5.88 Å². The van der Waals surface area contributed by atoms with E-state index in [4.69, 9.17) is 16.2 Å². The molecule has 1 aliphatic rings. The quantitative estimate of drug-likeness (QED) is 0.610. The molecule has 1 aliphatic carbocycles. The molecule has 0 aromatic carbocycles. The van der Waals surface area contributed by atoms with Crippen LogP contribution in [0.3, 0.4) is 0 Å². The van der Waals surface area contributed by atoms with Crippen LogP contribution in [0.5, 0.6) is 5.88 Å². The first-order chi connectivity index (χ1) is 13.0. The SMILES string of the molecule is COc1cc(Nc2nc(NC3CCCCC3N)c(F)cc2C(N)=O)ccn1. The van der Waals surface area contributed by atoms with Gasteiger partial charge in [0.1, 0.15) is 5.82 Å². The van der Waals surface area contributed by atoms with E-state index in [9.17, 15) is 9.18 Å². The van der Waals surface area contributed by atoms with Crippen LogP contribution < -0.4 is 26.8 Å². The average Bonchev–Trinajstić information content (AvgIpc) is 2.66. The number of ether oxygens (including phenoxy) is 1. The van der Waals surface area contributed by atoms with Crippen LogP contribution in [0.25, 0.3) is 0 Å². The molecule has 2 unspecified atom stereocenters. The minimum atomic E-state index is -0.786. The first-order valence-corrected chi connectivity index (χ1v) is 8.77. The van der Waals surface area contributed by atoms with E-state index in [1.54, 1.807) is 12.1 Å². The van der Waals surface area contributed by atoms with Crippen LogP contribution in [0.2, 0.25) is 0 Å². The minimum absolute atomic E-state index is 0.0332. The summed E-state index contributed by atoms with van der Waals surface area (Å²) in [7, 11) is 1.49. The van der Waals surface area contributed by atoms with Gasteiger partial charge in [-0.1, -0.05) is 12.8 Å². The molecular weight excluding hydrogens is 351 g/mol. The number of hydrogen-bond donors (Lipinski definition) is 4. The minimum Gasteiger partial charge on any atom is -0.481 e. The monoisotopic (exact) mass is 374 g/mol. The number of halogens is 1. The summed E-state index contributed by atoms with van der Waals surface area (Å²) >= 11 is 0. The maximum absolute atomic E-state index is 14.5. The predicted octanol–water partition coefficient (Wildman–Crippen LogP) is 2.15. The molecule has 1 amide bonds. The fraction of sp³-hybridized carbons (Fsp3) is 0.389. The van der Waals surface area contributed by atoms with E-state index < -0.39 is 11.7 Å². The molecule has 6 N–H and O–H groups in total. The first kappa shape index (κ1) is 18.8. The van der Waals surface area contributed by atoms with Crippen LogP contribution in [-0.4, -0.2) is 35.1 Å². The number of hydrogen-bond acceptors (Lipinski definition) is 7. The fourth-order valence-electron chi connectivity index (χ4n) is 3.12. The lowest BCUT2D eigenvalue weighted by Gasteiger charge is -2.30. The molecule has 0 bridgehead atoms. The molecule has 8 nitrogen and oxygen atoms in total. The highest BCUT2D eigenvalue weighted by molar-refractivity contribution is 5.98. The number of amides is 1. The lowest BCUT2D eigenvalue weighted by atomic mass is 9.91. The molecule has 3 rings (SSSR count). The van der Waals surface area contributed by atoms with E-state index in [1.165, 1.54) is 13.3 Å². The number of primary amides is 1. The molecule has 2 atom stereocenters. The summed E-state index contributed by atoms with van der Waals surface area (Å²) in [5.74, 6) is -0.880. The summed E-state index contributed by atoms with van der Waals surface area (Å²) < 4.78 is 19.6. The van der Waals surface area contributed by atoms with E-state index in [-0.39, 0.29) is 29.3 Å². The van der Waals surface area contributed by atoms with Crippen molar-refractivity contribution in [1.82, 2.24) is 9.97 Å². The number of anilines is 3. The summed E-state index contributed by atoms with van der Waals surface area (Å²) in [4.78, 5) is 20.0. The normalized spacial score (nSPS) is 19.4. The fourth-order valence-corrected chi connectivity index (χ4v) is 3.12. The lowest BCUT2D eigenvalue weighted by Crippen LogP contribution is -2.43. The Hall–Kier alpha value is -2.94. The molecule has 9 heteroatoms. The molecule has 2 aromatic rings. The highest BCUT2D eigenvalue weighted by Crippen LogP contribution is 2.27. The highest BCUT2D eigenvalue weighted by atomic mass is 19.1. The molecule has 2 aromatic heterocycles. The van der Waals surface area contributed by atoms with Crippen LogP contribution in [0.1, 0.15) is 36.0 Å². The summed E-state index contributed by atoms with van der Waals surface area (Å²) in [6.07, 6.45) is 5.33. The molecule has 0 aliphatic heterocycles. The van der Waals surface area contributed by atoms with Gasteiger partial charge in [-0.15, -0.1) is 0 Å². The summed E-state index contributed by atoms with van der Waals surface area (Å²) in [5.41, 5.74) is 12.0. The van der Waals surface area contributed by atoms with Crippen LogP contribution in [0.4, 0.5) is 21.7 Å². The van der Waals surface area contributed by atoms with Crippen molar-refractivity contribution in [3.05, 3.63) is 35.8 Å². The van der Waals surface area contributed by atoms with Crippen molar-refractivity contribution in [2.24, 2.45) is 11.5 Å². The first-order valence-electron chi connectivity index (χ1n) is 8.77. The molecule has 0 radical (unpaired) electrons. The van der Waals surface area contributed by atoms with Gasteiger partial charge < -0.3 is 26.8 Å². The Morgan fingerprint density at radius 3 is 2.78 bits per heavy atom. The average molecular weight is 374 g/mol. The Balaban J connectivity index is 1.91. The van der Waals surface area contributed by atoms with E-state index in [0.717, 1.165) is 31.7 Å². The molecule has 144 valence electrons. The number of methoxy groups -OCH3 is 1. The van der Waals surface area contributed by atoms with Gasteiger partial charge in [-0.3, -0.25) is 4.79 Å². The van der Waals surface area contributed by atoms with Crippen LogP contribution >= 0.6 is 0 Å². The number of nitrogens with one attached hydrogen (secondary N) is 2. The molecule has 27 heavy (non-hydrogen) atoms. The second-order valence-corrected chi connectivity index (χ2v) is 6.49. The Labute approximate surface area is 156 Å². The van der Waals surface area contributed by atoms with Crippen LogP contribution in [0.15, 0.2) is 24.4 Å².